The third-order valence-corrected chi connectivity index (χ3v) is 5.27. The maximum absolute atomic E-state index is 13.6. The van der Waals surface area contributed by atoms with Crippen LogP contribution >= 0.6 is 11.6 Å². The molecular weight excluding hydrogens is 391 g/mol. The molecule has 0 aromatic heterocycles. The maximum atomic E-state index is 13.6. The summed E-state index contributed by atoms with van der Waals surface area (Å²) >= 11 is 6.24. The minimum atomic E-state index is -0.602. The molecule has 2 amide bonds. The lowest BCUT2D eigenvalue weighted by Crippen LogP contribution is -2.39. The number of benzene rings is 3. The maximum Gasteiger partial charge on any atom is 0.255 e. The summed E-state index contributed by atoms with van der Waals surface area (Å²) in [6.07, 6.45) is 0. The smallest absolute Gasteiger partial charge is 0.255 e. The largest absolute Gasteiger partial charge is 0.324 e. The van der Waals surface area contributed by atoms with Gasteiger partial charge in [0.15, 0.2) is 0 Å². The van der Waals surface area contributed by atoms with E-state index in [0.717, 1.165) is 5.56 Å². The molecule has 1 N–H and O–H groups in total. The molecule has 0 fully saturated rings. The van der Waals surface area contributed by atoms with Crippen LogP contribution in [0.4, 0.5) is 10.1 Å². The van der Waals surface area contributed by atoms with Gasteiger partial charge in [-0.1, -0.05) is 41.9 Å². The first-order valence-electron chi connectivity index (χ1n) is 9.15. The van der Waals surface area contributed by atoms with Gasteiger partial charge in [-0.3, -0.25) is 9.59 Å². The molecule has 0 saturated carbocycles. The Balaban J connectivity index is 1.91. The summed E-state index contributed by atoms with van der Waals surface area (Å²) in [7, 11) is 0. The van der Waals surface area contributed by atoms with E-state index in [9.17, 15) is 14.0 Å². The molecule has 1 aliphatic heterocycles. The van der Waals surface area contributed by atoms with Gasteiger partial charge in [0.2, 0.25) is 5.91 Å². The fourth-order valence-electron chi connectivity index (χ4n) is 3.64. The van der Waals surface area contributed by atoms with E-state index in [1.54, 1.807) is 42.5 Å². The zero-order chi connectivity index (χ0) is 20.5. The van der Waals surface area contributed by atoms with Crippen molar-refractivity contribution >= 4 is 29.1 Å². The van der Waals surface area contributed by atoms with Gasteiger partial charge in [-0.25, -0.2) is 4.39 Å². The molecule has 29 heavy (non-hydrogen) atoms. The van der Waals surface area contributed by atoms with Crippen LogP contribution in [-0.4, -0.2) is 23.3 Å². The quantitative estimate of drug-likeness (QED) is 0.650. The summed E-state index contributed by atoms with van der Waals surface area (Å²) in [6.45, 7) is 1.71. The minimum Gasteiger partial charge on any atom is -0.324 e. The Morgan fingerprint density at radius 2 is 1.83 bits per heavy atom. The Hall–Kier alpha value is -3.18. The summed E-state index contributed by atoms with van der Waals surface area (Å²) in [4.78, 5) is 27.6. The highest BCUT2D eigenvalue weighted by molar-refractivity contribution is 6.30. The number of hydrogen-bond acceptors (Lipinski definition) is 2. The lowest BCUT2D eigenvalue weighted by atomic mass is 9.95. The van der Waals surface area contributed by atoms with Crippen LogP contribution in [-0.2, 0) is 4.79 Å². The third kappa shape index (κ3) is 3.74. The van der Waals surface area contributed by atoms with E-state index in [-0.39, 0.29) is 24.2 Å². The van der Waals surface area contributed by atoms with E-state index in [1.165, 1.54) is 17.0 Å². The topological polar surface area (TPSA) is 49.4 Å². The molecule has 3 aromatic carbocycles. The molecule has 4 nitrogen and oxygen atoms in total. The SMILES string of the molecule is Cc1ccccc1C(=O)N1CC(=O)Nc2ccc(Cl)cc2[C@@H]1c1ccc(F)cc1. The number of halogens is 2. The molecule has 3 aromatic rings. The second kappa shape index (κ2) is 7.68. The molecule has 0 spiro atoms. The van der Waals surface area contributed by atoms with Crippen molar-refractivity contribution < 1.29 is 14.0 Å². The van der Waals surface area contributed by atoms with E-state index in [2.05, 4.69) is 5.32 Å². The van der Waals surface area contributed by atoms with Crippen LogP contribution in [0.15, 0.2) is 66.7 Å². The van der Waals surface area contributed by atoms with Gasteiger partial charge in [-0.05, 0) is 54.4 Å². The lowest BCUT2D eigenvalue weighted by molar-refractivity contribution is -0.117. The number of nitrogens with one attached hydrogen (secondary N) is 1. The standard InChI is InChI=1S/C23H18ClFN2O2/c1-14-4-2-3-5-18(14)23(29)27-13-21(28)26-20-11-8-16(24)12-19(20)22(27)15-6-9-17(25)10-7-15/h2-12,22H,13H2,1H3,(H,26,28)/t22-/m0/s1. The van der Waals surface area contributed by atoms with Crippen LogP contribution in [0.25, 0.3) is 0 Å². The van der Waals surface area contributed by atoms with Crippen LogP contribution in [0, 0.1) is 12.7 Å². The summed E-state index contributed by atoms with van der Waals surface area (Å²) in [6, 6.07) is 17.7. The van der Waals surface area contributed by atoms with Crippen molar-refractivity contribution in [3.05, 3.63) is 99.8 Å². The van der Waals surface area contributed by atoms with Crippen LogP contribution in [0.1, 0.15) is 33.1 Å². The fraction of sp³-hybridized carbons (Fsp3) is 0.130. The summed E-state index contributed by atoms with van der Waals surface area (Å²) in [5, 5.41) is 3.33. The number of rotatable bonds is 2. The van der Waals surface area contributed by atoms with Crippen molar-refractivity contribution in [2.75, 3.05) is 11.9 Å². The van der Waals surface area contributed by atoms with Gasteiger partial charge in [-0.2, -0.15) is 0 Å². The van der Waals surface area contributed by atoms with Crippen molar-refractivity contribution in [3.63, 3.8) is 0 Å². The van der Waals surface area contributed by atoms with Gasteiger partial charge in [0.05, 0.1) is 6.04 Å². The Labute approximate surface area is 172 Å². The second-order valence-corrected chi connectivity index (χ2v) is 7.42. The van der Waals surface area contributed by atoms with E-state index in [1.807, 2.05) is 19.1 Å². The van der Waals surface area contributed by atoms with Crippen LogP contribution in [0.3, 0.4) is 0 Å². The molecule has 146 valence electrons. The number of carbonyl (C=O) groups excluding carboxylic acids is 2. The summed E-state index contributed by atoms with van der Waals surface area (Å²) in [5.74, 6) is -0.958. The van der Waals surface area contributed by atoms with E-state index >= 15 is 0 Å². The highest BCUT2D eigenvalue weighted by Gasteiger charge is 2.34. The van der Waals surface area contributed by atoms with Crippen molar-refractivity contribution in [2.45, 2.75) is 13.0 Å². The molecule has 0 radical (unpaired) electrons. The average molecular weight is 409 g/mol. The number of hydrogen-bond donors (Lipinski definition) is 1. The molecule has 1 heterocycles. The monoisotopic (exact) mass is 408 g/mol. The van der Waals surface area contributed by atoms with E-state index in [4.69, 9.17) is 11.6 Å². The van der Waals surface area contributed by atoms with Crippen molar-refractivity contribution in [1.29, 1.82) is 0 Å². The van der Waals surface area contributed by atoms with Gasteiger partial charge in [0.1, 0.15) is 12.4 Å². The molecule has 0 aliphatic carbocycles. The Kier molecular flexibility index (Phi) is 5.07. The second-order valence-electron chi connectivity index (χ2n) is 6.98. The zero-order valence-electron chi connectivity index (χ0n) is 15.7. The lowest BCUT2D eigenvalue weighted by Gasteiger charge is -2.31. The van der Waals surface area contributed by atoms with Gasteiger partial charge in [0.25, 0.3) is 5.91 Å². The number of carbonyl (C=O) groups is 2. The molecule has 0 unspecified atom stereocenters. The summed E-state index contributed by atoms with van der Waals surface area (Å²) < 4.78 is 13.6. The highest BCUT2D eigenvalue weighted by atomic mass is 35.5. The Morgan fingerprint density at radius 3 is 2.55 bits per heavy atom. The number of amides is 2. The molecular formula is C23H18ClFN2O2. The van der Waals surface area contributed by atoms with Gasteiger partial charge < -0.3 is 10.2 Å². The van der Waals surface area contributed by atoms with Crippen molar-refractivity contribution in [1.82, 2.24) is 4.90 Å². The molecule has 1 aliphatic rings. The number of nitrogens with zero attached hydrogens (tertiary/aromatic N) is 1. The molecule has 6 heteroatoms. The highest BCUT2D eigenvalue weighted by Crippen LogP contribution is 2.38. The number of anilines is 1. The molecule has 0 saturated heterocycles. The molecule has 1 atom stereocenters. The average Bonchev–Trinajstić information content (AvgIpc) is 2.84. The van der Waals surface area contributed by atoms with Gasteiger partial charge >= 0.3 is 0 Å². The van der Waals surface area contributed by atoms with Crippen molar-refractivity contribution in [2.24, 2.45) is 0 Å². The first-order chi connectivity index (χ1) is 13.9. The Bertz CT molecular complexity index is 1100. The summed E-state index contributed by atoms with van der Waals surface area (Å²) in [5.41, 5.74) is 3.27. The Morgan fingerprint density at radius 1 is 1.10 bits per heavy atom. The number of aryl methyl sites for hydroxylation is 1. The predicted octanol–water partition coefficient (Wildman–Crippen LogP) is 4.97. The third-order valence-electron chi connectivity index (χ3n) is 5.03. The van der Waals surface area contributed by atoms with Crippen molar-refractivity contribution in [3.8, 4) is 0 Å². The first-order valence-corrected chi connectivity index (χ1v) is 9.53. The van der Waals surface area contributed by atoms with Gasteiger partial charge in [0, 0.05) is 21.8 Å². The zero-order valence-corrected chi connectivity index (χ0v) is 16.4. The first kappa shape index (κ1) is 19.2. The normalized spacial score (nSPS) is 16.0. The molecule has 4 rings (SSSR count). The van der Waals surface area contributed by atoms with Crippen LogP contribution in [0.5, 0.6) is 0 Å². The van der Waals surface area contributed by atoms with Crippen LogP contribution < -0.4 is 5.32 Å². The fourth-order valence-corrected chi connectivity index (χ4v) is 3.82. The van der Waals surface area contributed by atoms with Crippen LogP contribution in [0.2, 0.25) is 5.02 Å². The molecule has 0 bridgehead atoms. The minimum absolute atomic E-state index is 0.137. The van der Waals surface area contributed by atoms with E-state index < -0.39 is 6.04 Å². The predicted molar refractivity (Wildman–Crippen MR) is 111 cm³/mol. The van der Waals surface area contributed by atoms with Gasteiger partial charge in [-0.15, -0.1) is 0 Å². The number of fused-ring (bicyclic) bond motifs is 1. The van der Waals surface area contributed by atoms with E-state index in [0.29, 0.717) is 27.4 Å².